The largest absolute Gasteiger partial charge is 0.496 e. The lowest BCUT2D eigenvalue weighted by Gasteiger charge is -2.35. The Labute approximate surface area is 229 Å². The van der Waals surface area contributed by atoms with Gasteiger partial charge in [-0.15, -0.1) is 11.3 Å². The van der Waals surface area contributed by atoms with Crippen LogP contribution in [0.3, 0.4) is 0 Å². The highest BCUT2D eigenvalue weighted by molar-refractivity contribution is 7.21. The molecule has 2 aromatic carbocycles. The molecule has 2 amide bonds. The number of nitrogens with two attached hydrogens (primary N) is 1. The predicted molar refractivity (Wildman–Crippen MR) is 148 cm³/mol. The standard InChI is InChI=1S/C30H29F2N3O3S/c1-17-26-22(31)9-10-23(32)28(26)39-27(17)30(37)35(21-6-4-3-5-7-21)16-20-14-18(8-11-25(20)38-2)19-12-13-34-24(15-19)29(33)36/h8-15,21H,3-7,16H2,1-2H3,(H2,33,36). The average Bonchev–Trinajstić information content (AvgIpc) is 3.32. The molecule has 5 rings (SSSR count). The molecule has 1 saturated carbocycles. The zero-order valence-electron chi connectivity index (χ0n) is 21.8. The van der Waals surface area contributed by atoms with Crippen molar-refractivity contribution in [2.45, 2.75) is 51.6 Å². The monoisotopic (exact) mass is 549 g/mol. The summed E-state index contributed by atoms with van der Waals surface area (Å²) in [7, 11) is 1.57. The SMILES string of the molecule is COc1ccc(-c2ccnc(C(N)=O)c2)cc1CN(C(=O)c1sc2c(F)ccc(F)c2c1C)C1CCCCC1. The summed E-state index contributed by atoms with van der Waals surface area (Å²) in [5, 5.41) is 0.162. The number of pyridine rings is 1. The number of rotatable bonds is 7. The molecule has 0 radical (unpaired) electrons. The Morgan fingerprint density at radius 3 is 2.46 bits per heavy atom. The summed E-state index contributed by atoms with van der Waals surface area (Å²) >= 11 is 1.00. The second kappa shape index (κ2) is 11.1. The minimum absolute atomic E-state index is 0.0127. The Morgan fingerprint density at radius 2 is 1.77 bits per heavy atom. The van der Waals surface area contributed by atoms with E-state index in [-0.39, 0.29) is 34.3 Å². The number of methoxy groups -OCH3 is 1. The van der Waals surface area contributed by atoms with Gasteiger partial charge in [-0.1, -0.05) is 25.3 Å². The molecule has 1 aliphatic carbocycles. The van der Waals surface area contributed by atoms with E-state index in [2.05, 4.69) is 4.98 Å². The molecule has 0 unspecified atom stereocenters. The number of thiophene rings is 1. The smallest absolute Gasteiger partial charge is 0.267 e. The Hall–Kier alpha value is -3.85. The number of ether oxygens (including phenoxy) is 1. The Morgan fingerprint density at radius 1 is 1.05 bits per heavy atom. The van der Waals surface area contributed by atoms with Crippen molar-refractivity contribution in [1.82, 2.24) is 9.88 Å². The van der Waals surface area contributed by atoms with Gasteiger partial charge < -0.3 is 15.4 Å². The van der Waals surface area contributed by atoms with Gasteiger partial charge in [-0.25, -0.2) is 8.78 Å². The molecule has 0 bridgehead atoms. The Kier molecular flexibility index (Phi) is 7.61. The molecule has 2 heterocycles. The van der Waals surface area contributed by atoms with E-state index in [0.717, 1.165) is 72.3 Å². The van der Waals surface area contributed by atoms with Gasteiger partial charge in [0.2, 0.25) is 0 Å². The van der Waals surface area contributed by atoms with Crippen LogP contribution in [0.5, 0.6) is 5.75 Å². The summed E-state index contributed by atoms with van der Waals surface area (Å²) in [6.07, 6.45) is 6.36. The van der Waals surface area contributed by atoms with Crippen LogP contribution in [0.15, 0.2) is 48.7 Å². The predicted octanol–water partition coefficient (Wildman–Crippen LogP) is 6.63. The van der Waals surface area contributed by atoms with E-state index in [1.54, 1.807) is 26.2 Å². The fourth-order valence-corrected chi connectivity index (χ4v) is 6.56. The minimum Gasteiger partial charge on any atom is -0.496 e. The Bertz CT molecular complexity index is 1560. The van der Waals surface area contributed by atoms with Crippen LogP contribution < -0.4 is 10.5 Å². The number of hydrogen-bond acceptors (Lipinski definition) is 5. The summed E-state index contributed by atoms with van der Waals surface area (Å²) in [4.78, 5) is 32.0. The zero-order chi connectivity index (χ0) is 27.7. The Balaban J connectivity index is 1.57. The van der Waals surface area contributed by atoms with Crippen LogP contribution in [-0.2, 0) is 6.54 Å². The molecule has 9 heteroatoms. The first-order chi connectivity index (χ1) is 18.8. The van der Waals surface area contributed by atoms with Crippen molar-refractivity contribution in [3.63, 3.8) is 0 Å². The van der Waals surface area contributed by atoms with Gasteiger partial charge in [0.15, 0.2) is 0 Å². The van der Waals surface area contributed by atoms with E-state index in [9.17, 15) is 18.4 Å². The fourth-order valence-electron chi connectivity index (χ4n) is 5.38. The lowest BCUT2D eigenvalue weighted by molar-refractivity contribution is 0.0617. The second-order valence-corrected chi connectivity index (χ2v) is 10.9. The van der Waals surface area contributed by atoms with Crippen LogP contribution in [0.2, 0.25) is 0 Å². The molecule has 2 N–H and O–H groups in total. The molecule has 0 atom stereocenters. The van der Waals surface area contributed by atoms with E-state index in [0.29, 0.717) is 16.2 Å². The van der Waals surface area contributed by atoms with Crippen LogP contribution in [0.25, 0.3) is 21.2 Å². The van der Waals surface area contributed by atoms with E-state index >= 15 is 0 Å². The molecule has 39 heavy (non-hydrogen) atoms. The molecule has 0 aliphatic heterocycles. The summed E-state index contributed by atoms with van der Waals surface area (Å²) in [5.41, 5.74) is 8.38. The van der Waals surface area contributed by atoms with Crippen molar-refractivity contribution in [3.8, 4) is 16.9 Å². The molecule has 6 nitrogen and oxygen atoms in total. The molecule has 2 aromatic heterocycles. The lowest BCUT2D eigenvalue weighted by atomic mass is 9.93. The van der Waals surface area contributed by atoms with Gasteiger partial charge in [0.1, 0.15) is 23.1 Å². The summed E-state index contributed by atoms with van der Waals surface area (Å²) in [6, 6.07) is 11.2. The number of fused-ring (bicyclic) bond motifs is 1. The van der Waals surface area contributed by atoms with Gasteiger partial charge in [0, 0.05) is 29.7 Å². The van der Waals surface area contributed by atoms with Crippen molar-refractivity contribution in [2.24, 2.45) is 5.73 Å². The van der Waals surface area contributed by atoms with Gasteiger partial charge in [-0.3, -0.25) is 14.6 Å². The fraction of sp³-hybridized carbons (Fsp3) is 0.300. The molecular weight excluding hydrogens is 520 g/mol. The number of aryl methyl sites for hydroxylation is 1. The van der Waals surface area contributed by atoms with Crippen LogP contribution in [0, 0.1) is 18.6 Å². The first kappa shape index (κ1) is 26.7. The van der Waals surface area contributed by atoms with Gasteiger partial charge in [0.25, 0.3) is 11.8 Å². The maximum atomic E-state index is 14.7. The van der Waals surface area contributed by atoms with Gasteiger partial charge in [-0.2, -0.15) is 0 Å². The molecular formula is C30H29F2N3O3S. The molecule has 1 aliphatic rings. The van der Waals surface area contributed by atoms with Crippen molar-refractivity contribution >= 4 is 33.2 Å². The van der Waals surface area contributed by atoms with E-state index in [1.807, 2.05) is 23.1 Å². The minimum atomic E-state index is -0.619. The van der Waals surface area contributed by atoms with Crippen molar-refractivity contribution < 1.29 is 23.1 Å². The number of amides is 2. The van der Waals surface area contributed by atoms with Crippen LogP contribution >= 0.6 is 11.3 Å². The number of primary amides is 1. The van der Waals surface area contributed by atoms with E-state index < -0.39 is 17.5 Å². The third-order valence-electron chi connectivity index (χ3n) is 7.42. The molecule has 1 fully saturated rings. The topological polar surface area (TPSA) is 85.5 Å². The highest BCUT2D eigenvalue weighted by atomic mass is 32.1. The quantitative estimate of drug-likeness (QED) is 0.280. The normalized spacial score (nSPS) is 13.9. The summed E-state index contributed by atoms with van der Waals surface area (Å²) < 4.78 is 35.0. The van der Waals surface area contributed by atoms with Gasteiger partial charge in [-0.05, 0) is 72.9 Å². The van der Waals surface area contributed by atoms with Gasteiger partial charge in [0.05, 0.1) is 16.7 Å². The molecule has 202 valence electrons. The highest BCUT2D eigenvalue weighted by Crippen LogP contribution is 2.37. The number of benzene rings is 2. The number of nitrogens with zero attached hydrogens (tertiary/aromatic N) is 2. The van der Waals surface area contributed by atoms with E-state index in [4.69, 9.17) is 10.5 Å². The van der Waals surface area contributed by atoms with E-state index in [1.165, 1.54) is 6.20 Å². The van der Waals surface area contributed by atoms with Crippen molar-refractivity contribution in [2.75, 3.05) is 7.11 Å². The van der Waals surface area contributed by atoms with Crippen molar-refractivity contribution in [1.29, 1.82) is 0 Å². The first-order valence-corrected chi connectivity index (χ1v) is 13.7. The average molecular weight is 550 g/mol. The highest BCUT2D eigenvalue weighted by Gasteiger charge is 2.31. The number of carbonyl (C=O) groups is 2. The third-order valence-corrected chi connectivity index (χ3v) is 8.70. The van der Waals surface area contributed by atoms with Gasteiger partial charge >= 0.3 is 0 Å². The summed E-state index contributed by atoms with van der Waals surface area (Å²) in [6.45, 7) is 1.93. The summed E-state index contributed by atoms with van der Waals surface area (Å²) in [5.74, 6) is -1.32. The third kappa shape index (κ3) is 5.23. The van der Waals surface area contributed by atoms with Crippen LogP contribution in [0.4, 0.5) is 8.78 Å². The zero-order valence-corrected chi connectivity index (χ0v) is 22.6. The lowest BCUT2D eigenvalue weighted by Crippen LogP contribution is -2.41. The van der Waals surface area contributed by atoms with Crippen LogP contribution in [0.1, 0.15) is 63.4 Å². The molecule has 0 saturated heterocycles. The number of hydrogen-bond donors (Lipinski definition) is 1. The molecule has 0 spiro atoms. The second-order valence-electron chi connectivity index (χ2n) is 9.84. The van der Waals surface area contributed by atoms with Crippen molar-refractivity contribution in [3.05, 3.63) is 82.0 Å². The maximum Gasteiger partial charge on any atom is 0.267 e. The number of halogens is 2. The number of aromatic nitrogens is 1. The molecule has 4 aromatic rings. The number of carbonyl (C=O) groups excluding carboxylic acids is 2. The maximum absolute atomic E-state index is 14.7. The van der Waals surface area contributed by atoms with Crippen LogP contribution in [-0.4, -0.2) is 34.8 Å². The first-order valence-electron chi connectivity index (χ1n) is 12.9.